The van der Waals surface area contributed by atoms with Crippen LogP contribution in [0.3, 0.4) is 0 Å². The number of aliphatic hydroxyl groups is 1. The first kappa shape index (κ1) is 15.5. The highest BCUT2D eigenvalue weighted by atomic mass is 16.3. The van der Waals surface area contributed by atoms with Gasteiger partial charge in [-0.2, -0.15) is 0 Å². The minimum Gasteiger partial charge on any atom is -0.380 e. The maximum atomic E-state index is 11.5. The Hall–Kier alpha value is -1.93. The Balaban J connectivity index is 2.47. The fraction of sp³-hybridized carbons (Fsp3) is 0.316. The smallest absolute Gasteiger partial charge is 0.119 e. The van der Waals surface area contributed by atoms with Crippen molar-refractivity contribution < 1.29 is 5.11 Å². The molecular weight excluding hydrogens is 258 g/mol. The molecule has 21 heavy (non-hydrogen) atoms. The van der Waals surface area contributed by atoms with Crippen LogP contribution in [0.15, 0.2) is 65.7 Å². The molecule has 1 N–H and O–H groups in total. The third-order valence-electron chi connectivity index (χ3n) is 3.82. The zero-order valence-electron chi connectivity index (χ0n) is 13.0. The van der Waals surface area contributed by atoms with E-state index in [4.69, 9.17) is 0 Å². The van der Waals surface area contributed by atoms with Crippen molar-refractivity contribution in [2.75, 3.05) is 6.54 Å². The molecular formula is C19H23NO. The fourth-order valence-electron chi connectivity index (χ4n) is 2.57. The topological polar surface area (TPSA) is 32.6 Å². The number of benzene rings is 2. The van der Waals surface area contributed by atoms with Gasteiger partial charge >= 0.3 is 0 Å². The molecule has 0 saturated heterocycles. The lowest BCUT2D eigenvalue weighted by Crippen LogP contribution is -2.36. The van der Waals surface area contributed by atoms with E-state index in [2.05, 4.69) is 4.99 Å². The average molecular weight is 281 g/mol. The molecule has 1 atom stereocenters. The molecule has 0 aliphatic carbocycles. The zero-order valence-corrected chi connectivity index (χ0v) is 13.0. The molecule has 0 spiro atoms. The largest absolute Gasteiger partial charge is 0.380 e. The molecule has 110 valence electrons. The lowest BCUT2D eigenvalue weighted by molar-refractivity contribution is 0.0279. The molecule has 0 aromatic heterocycles. The summed E-state index contributed by atoms with van der Waals surface area (Å²) in [7, 11) is 0. The van der Waals surface area contributed by atoms with E-state index in [1.54, 1.807) is 0 Å². The maximum absolute atomic E-state index is 11.5. The van der Waals surface area contributed by atoms with Crippen molar-refractivity contribution in [2.45, 2.75) is 26.4 Å². The van der Waals surface area contributed by atoms with Gasteiger partial charge in [-0.3, -0.25) is 4.99 Å². The fourth-order valence-corrected chi connectivity index (χ4v) is 2.57. The Morgan fingerprint density at radius 3 is 1.76 bits per heavy atom. The summed E-state index contributed by atoms with van der Waals surface area (Å²) >= 11 is 0. The SMILES string of the molecule is CC(C)=NC[C@@H](C)C(O)(c1ccccc1)c1ccccc1. The maximum Gasteiger partial charge on any atom is 0.119 e. The van der Waals surface area contributed by atoms with Gasteiger partial charge < -0.3 is 5.11 Å². The number of rotatable bonds is 5. The zero-order chi connectivity index (χ0) is 15.3. The van der Waals surface area contributed by atoms with Crippen LogP contribution in [-0.4, -0.2) is 17.4 Å². The second-order valence-electron chi connectivity index (χ2n) is 5.69. The van der Waals surface area contributed by atoms with E-state index in [0.717, 1.165) is 16.8 Å². The van der Waals surface area contributed by atoms with Crippen molar-refractivity contribution >= 4 is 5.71 Å². The number of hydrogen-bond donors (Lipinski definition) is 1. The molecule has 0 heterocycles. The van der Waals surface area contributed by atoms with Crippen LogP contribution in [0.1, 0.15) is 31.9 Å². The molecule has 0 aliphatic rings. The Morgan fingerprint density at radius 1 is 0.952 bits per heavy atom. The summed E-state index contributed by atoms with van der Waals surface area (Å²) in [6.45, 7) is 6.61. The molecule has 0 amide bonds. The molecule has 0 bridgehead atoms. The first-order valence-corrected chi connectivity index (χ1v) is 7.36. The first-order chi connectivity index (χ1) is 10.0. The summed E-state index contributed by atoms with van der Waals surface area (Å²) < 4.78 is 0. The van der Waals surface area contributed by atoms with E-state index in [0.29, 0.717) is 6.54 Å². The van der Waals surface area contributed by atoms with Gasteiger partial charge in [0.1, 0.15) is 5.60 Å². The van der Waals surface area contributed by atoms with Crippen LogP contribution >= 0.6 is 0 Å². The molecule has 0 unspecified atom stereocenters. The predicted octanol–water partition coefficient (Wildman–Crippen LogP) is 4.04. The van der Waals surface area contributed by atoms with Crippen LogP contribution in [-0.2, 0) is 5.60 Å². The van der Waals surface area contributed by atoms with Crippen LogP contribution in [0.5, 0.6) is 0 Å². The second kappa shape index (κ2) is 6.68. The second-order valence-corrected chi connectivity index (χ2v) is 5.69. The van der Waals surface area contributed by atoms with Gasteiger partial charge in [-0.05, 0) is 25.0 Å². The minimum absolute atomic E-state index is 0.0165. The minimum atomic E-state index is -1.03. The first-order valence-electron chi connectivity index (χ1n) is 7.36. The molecule has 0 saturated carbocycles. The highest BCUT2D eigenvalue weighted by Gasteiger charge is 2.37. The lowest BCUT2D eigenvalue weighted by atomic mass is 9.77. The quantitative estimate of drug-likeness (QED) is 0.824. The van der Waals surface area contributed by atoms with Gasteiger partial charge in [0.25, 0.3) is 0 Å². The van der Waals surface area contributed by atoms with Gasteiger partial charge in [-0.25, -0.2) is 0 Å². The number of hydrogen-bond acceptors (Lipinski definition) is 2. The highest BCUT2D eigenvalue weighted by molar-refractivity contribution is 5.79. The van der Waals surface area contributed by atoms with E-state index in [-0.39, 0.29) is 5.92 Å². The van der Waals surface area contributed by atoms with Gasteiger partial charge in [0, 0.05) is 18.2 Å². The summed E-state index contributed by atoms with van der Waals surface area (Å²) in [6, 6.07) is 19.7. The molecule has 2 aromatic carbocycles. The molecule has 2 rings (SSSR count). The number of nitrogens with zero attached hydrogens (tertiary/aromatic N) is 1. The summed E-state index contributed by atoms with van der Waals surface area (Å²) in [4.78, 5) is 4.50. The van der Waals surface area contributed by atoms with E-state index < -0.39 is 5.60 Å². The van der Waals surface area contributed by atoms with Crippen molar-refractivity contribution in [2.24, 2.45) is 10.9 Å². The van der Waals surface area contributed by atoms with Gasteiger partial charge in [-0.1, -0.05) is 67.6 Å². The monoisotopic (exact) mass is 281 g/mol. The van der Waals surface area contributed by atoms with Crippen molar-refractivity contribution in [1.82, 2.24) is 0 Å². The molecule has 0 fully saturated rings. The summed E-state index contributed by atoms with van der Waals surface area (Å²) in [5.41, 5.74) is 1.83. The molecule has 2 nitrogen and oxygen atoms in total. The Labute approximate surface area is 127 Å². The highest BCUT2D eigenvalue weighted by Crippen LogP contribution is 2.36. The summed E-state index contributed by atoms with van der Waals surface area (Å²) in [5, 5.41) is 11.5. The van der Waals surface area contributed by atoms with E-state index in [9.17, 15) is 5.11 Å². The van der Waals surface area contributed by atoms with Gasteiger partial charge in [0.15, 0.2) is 0 Å². The Bertz CT molecular complexity index is 546. The van der Waals surface area contributed by atoms with E-state index >= 15 is 0 Å². The lowest BCUT2D eigenvalue weighted by Gasteiger charge is -2.34. The van der Waals surface area contributed by atoms with Crippen molar-refractivity contribution in [1.29, 1.82) is 0 Å². The Kier molecular flexibility index (Phi) is 4.92. The molecule has 0 aliphatic heterocycles. The van der Waals surface area contributed by atoms with Crippen LogP contribution in [0.25, 0.3) is 0 Å². The molecule has 2 heteroatoms. The number of aliphatic imine (C=N–C) groups is 1. The van der Waals surface area contributed by atoms with Crippen LogP contribution in [0.4, 0.5) is 0 Å². The summed E-state index contributed by atoms with van der Waals surface area (Å²) in [5.74, 6) is -0.0165. The van der Waals surface area contributed by atoms with Crippen LogP contribution < -0.4 is 0 Å². The van der Waals surface area contributed by atoms with Gasteiger partial charge in [-0.15, -0.1) is 0 Å². The van der Waals surface area contributed by atoms with Crippen molar-refractivity contribution in [3.63, 3.8) is 0 Å². The Morgan fingerprint density at radius 2 is 1.38 bits per heavy atom. The predicted molar refractivity (Wildman–Crippen MR) is 88.7 cm³/mol. The third-order valence-corrected chi connectivity index (χ3v) is 3.82. The van der Waals surface area contributed by atoms with Crippen molar-refractivity contribution in [3.8, 4) is 0 Å². The molecule has 0 radical (unpaired) electrons. The van der Waals surface area contributed by atoms with Crippen LogP contribution in [0, 0.1) is 5.92 Å². The van der Waals surface area contributed by atoms with E-state index in [1.165, 1.54) is 0 Å². The van der Waals surface area contributed by atoms with Crippen molar-refractivity contribution in [3.05, 3.63) is 71.8 Å². The summed E-state index contributed by atoms with van der Waals surface area (Å²) in [6.07, 6.45) is 0. The van der Waals surface area contributed by atoms with E-state index in [1.807, 2.05) is 81.4 Å². The normalized spacial score (nSPS) is 12.8. The third kappa shape index (κ3) is 3.40. The average Bonchev–Trinajstić information content (AvgIpc) is 2.53. The standard InChI is InChI=1S/C19H23NO/c1-15(2)20-14-16(3)19(21,17-10-6-4-7-11-17)18-12-8-5-9-13-18/h4-13,16,21H,14H2,1-3H3/t16-/m1/s1. The van der Waals surface area contributed by atoms with Gasteiger partial charge in [0.05, 0.1) is 0 Å². The van der Waals surface area contributed by atoms with Gasteiger partial charge in [0.2, 0.25) is 0 Å². The molecule has 2 aromatic rings. The van der Waals surface area contributed by atoms with Crippen LogP contribution in [0.2, 0.25) is 0 Å².